The van der Waals surface area contributed by atoms with E-state index in [0.717, 1.165) is 12.3 Å². The van der Waals surface area contributed by atoms with Crippen LogP contribution in [0.1, 0.15) is 11.3 Å². The summed E-state index contributed by atoms with van der Waals surface area (Å²) in [5.74, 6) is -1.87. The number of nitro benzene ring substituents is 1. The van der Waals surface area contributed by atoms with Crippen LogP contribution in [0.5, 0.6) is 11.5 Å². The lowest BCUT2D eigenvalue weighted by Gasteiger charge is -2.12. The Balaban J connectivity index is 2.11. The highest BCUT2D eigenvalue weighted by molar-refractivity contribution is 5.85. The molecule has 1 heterocycles. The Hall–Kier alpha value is -4.03. The van der Waals surface area contributed by atoms with Crippen LogP contribution in [0.2, 0.25) is 0 Å². The number of nitro groups is 1. The second-order valence-electron chi connectivity index (χ2n) is 4.75. The van der Waals surface area contributed by atoms with E-state index >= 15 is 0 Å². The molecule has 0 unspecified atom stereocenters. The molecule has 0 atom stereocenters. The predicted molar refractivity (Wildman–Crippen MR) is 84.0 cm³/mol. The molecular formula is C13H11N6O7-. The number of carbonyl (C=O) groups is 1. The smallest absolute Gasteiger partial charge is 0.342 e. The van der Waals surface area contributed by atoms with Gasteiger partial charge in [0.1, 0.15) is 11.4 Å². The van der Waals surface area contributed by atoms with Gasteiger partial charge in [0.2, 0.25) is 5.91 Å². The molecule has 2 rings (SSSR count). The lowest BCUT2D eigenvalue weighted by atomic mass is 10.2. The summed E-state index contributed by atoms with van der Waals surface area (Å²) in [7, 11) is 1.18. The Morgan fingerprint density at radius 3 is 2.81 bits per heavy atom. The molecule has 13 heteroatoms. The van der Waals surface area contributed by atoms with Crippen molar-refractivity contribution in [3.63, 3.8) is 0 Å². The fourth-order valence-corrected chi connectivity index (χ4v) is 1.83. The molecule has 2 aromatic rings. The molecule has 0 aliphatic heterocycles. The van der Waals surface area contributed by atoms with Crippen molar-refractivity contribution in [3.8, 4) is 11.5 Å². The number of benzene rings is 1. The van der Waals surface area contributed by atoms with Gasteiger partial charge in [0.05, 0.1) is 24.7 Å². The molecule has 0 radical (unpaired) electrons. The van der Waals surface area contributed by atoms with Crippen molar-refractivity contribution in [3.05, 3.63) is 54.3 Å². The number of H-pyrrole nitrogens is 2. The number of rotatable bonds is 6. The first-order chi connectivity index (χ1) is 12.3. The minimum atomic E-state index is -0.887. The van der Waals surface area contributed by atoms with E-state index < -0.39 is 39.9 Å². The van der Waals surface area contributed by atoms with Crippen molar-refractivity contribution in [2.45, 2.75) is 6.42 Å². The van der Waals surface area contributed by atoms with Gasteiger partial charge in [-0.3, -0.25) is 24.7 Å². The second-order valence-corrected chi connectivity index (χ2v) is 4.75. The van der Waals surface area contributed by atoms with E-state index in [1.807, 2.05) is 10.1 Å². The van der Waals surface area contributed by atoms with Crippen molar-refractivity contribution >= 4 is 17.8 Å². The number of nitrogens with one attached hydrogen (secondary N) is 3. The molecule has 0 aliphatic rings. The lowest BCUT2D eigenvalue weighted by Crippen LogP contribution is -2.31. The van der Waals surface area contributed by atoms with Gasteiger partial charge in [-0.25, -0.2) is 15.3 Å². The third-order valence-electron chi connectivity index (χ3n) is 2.99. The van der Waals surface area contributed by atoms with Gasteiger partial charge in [0.15, 0.2) is 0 Å². The van der Waals surface area contributed by atoms with E-state index in [9.17, 15) is 29.6 Å². The van der Waals surface area contributed by atoms with Gasteiger partial charge in [-0.05, 0) is 6.07 Å². The third kappa shape index (κ3) is 4.28. The number of nitrogens with zero attached hydrogens (tertiary/aromatic N) is 3. The Labute approximate surface area is 143 Å². The molecule has 0 saturated heterocycles. The van der Waals surface area contributed by atoms with E-state index in [2.05, 4.69) is 15.6 Å². The normalized spacial score (nSPS) is 10.7. The van der Waals surface area contributed by atoms with Gasteiger partial charge in [0.25, 0.3) is 11.2 Å². The fraction of sp³-hybridized carbons (Fsp3) is 0.154. The maximum atomic E-state index is 11.7. The zero-order chi connectivity index (χ0) is 19.3. The van der Waals surface area contributed by atoms with Crippen molar-refractivity contribution in [1.82, 2.24) is 20.6 Å². The molecule has 0 saturated carbocycles. The standard InChI is InChI=1S/C13H12N6O7/c1-26-9-3-6(2-8(11(9)21)19(24)25)5-14-17-10(20)4-7-12(22)15-13(23)18-16-7/h2-3,5,21H,4H2,1H3,(H,17,20)(H2,15,18,22,23)/p-1/b14-5-. The van der Waals surface area contributed by atoms with Gasteiger partial charge in [0, 0.05) is 17.4 Å². The summed E-state index contributed by atoms with van der Waals surface area (Å²) in [5.41, 5.74) is -0.357. The van der Waals surface area contributed by atoms with Crippen LogP contribution in [0.4, 0.5) is 5.69 Å². The Bertz CT molecular complexity index is 993. The van der Waals surface area contributed by atoms with E-state index in [-0.39, 0.29) is 17.0 Å². The minimum absolute atomic E-state index is 0.133. The molecular weight excluding hydrogens is 352 g/mol. The van der Waals surface area contributed by atoms with Gasteiger partial charge in [-0.15, -0.1) is 0 Å². The maximum Gasteiger partial charge on any atom is 0.342 e. The summed E-state index contributed by atoms with van der Waals surface area (Å²) in [6, 6.07) is 2.17. The summed E-state index contributed by atoms with van der Waals surface area (Å²) in [5, 5.41) is 31.5. The number of ether oxygens (including phenoxy) is 1. The first-order valence-electron chi connectivity index (χ1n) is 6.85. The molecule has 3 N–H and O–H groups in total. The van der Waals surface area contributed by atoms with Crippen LogP contribution in [0.25, 0.3) is 0 Å². The molecule has 1 aromatic carbocycles. The highest BCUT2D eigenvalue weighted by Crippen LogP contribution is 2.33. The fourth-order valence-electron chi connectivity index (χ4n) is 1.83. The summed E-state index contributed by atoms with van der Waals surface area (Å²) < 4.78 is 4.76. The maximum absolute atomic E-state index is 11.7. The molecule has 26 heavy (non-hydrogen) atoms. The first kappa shape index (κ1) is 18.3. The van der Waals surface area contributed by atoms with Crippen LogP contribution in [-0.2, 0) is 11.2 Å². The topological polar surface area (TPSA) is 195 Å². The molecule has 0 aliphatic carbocycles. The number of carbonyl (C=O) groups excluding carboxylic acids is 1. The summed E-state index contributed by atoms with van der Waals surface area (Å²) in [6.07, 6.45) is 0.587. The van der Waals surface area contributed by atoms with E-state index in [4.69, 9.17) is 4.74 Å². The van der Waals surface area contributed by atoms with E-state index in [1.54, 1.807) is 0 Å². The first-order valence-corrected chi connectivity index (χ1v) is 6.85. The SMILES string of the molecule is COc1cc(/C=N\NC(=O)Cc2n[nH]c(=O)[nH]c2=O)cc([N+](=O)[O-])c1[O-]. The zero-order valence-corrected chi connectivity index (χ0v) is 13.1. The number of methoxy groups -OCH3 is 1. The summed E-state index contributed by atoms with van der Waals surface area (Å²) in [4.78, 5) is 45.8. The third-order valence-corrected chi connectivity index (χ3v) is 2.99. The average molecular weight is 363 g/mol. The Morgan fingerprint density at radius 2 is 2.19 bits per heavy atom. The Morgan fingerprint density at radius 1 is 1.46 bits per heavy atom. The molecule has 136 valence electrons. The van der Waals surface area contributed by atoms with Crippen LogP contribution < -0.4 is 26.5 Å². The second kappa shape index (κ2) is 7.69. The lowest BCUT2D eigenvalue weighted by molar-refractivity contribution is -0.398. The molecule has 1 amide bonds. The van der Waals surface area contributed by atoms with Gasteiger partial charge < -0.3 is 9.84 Å². The largest absolute Gasteiger partial charge is 0.865 e. The van der Waals surface area contributed by atoms with E-state index in [1.165, 1.54) is 13.2 Å². The number of aromatic amines is 2. The van der Waals surface area contributed by atoms with Crippen molar-refractivity contribution in [2.75, 3.05) is 7.11 Å². The summed E-state index contributed by atoms with van der Waals surface area (Å²) >= 11 is 0. The zero-order valence-electron chi connectivity index (χ0n) is 13.1. The number of amides is 1. The van der Waals surface area contributed by atoms with E-state index in [0.29, 0.717) is 0 Å². The summed E-state index contributed by atoms with van der Waals surface area (Å²) in [6.45, 7) is 0. The quantitative estimate of drug-likeness (QED) is 0.302. The van der Waals surface area contributed by atoms with Crippen molar-refractivity contribution in [2.24, 2.45) is 5.10 Å². The monoisotopic (exact) mass is 363 g/mol. The van der Waals surface area contributed by atoms with Crippen LogP contribution in [0, 0.1) is 10.1 Å². The molecule has 0 spiro atoms. The average Bonchev–Trinajstić information content (AvgIpc) is 2.58. The van der Waals surface area contributed by atoms with Crippen molar-refractivity contribution < 1.29 is 19.6 Å². The Kier molecular flexibility index (Phi) is 5.42. The van der Waals surface area contributed by atoms with Crippen molar-refractivity contribution in [1.29, 1.82) is 0 Å². The number of hydrazone groups is 1. The van der Waals surface area contributed by atoms with Crippen LogP contribution in [0.3, 0.4) is 0 Å². The van der Waals surface area contributed by atoms with Gasteiger partial charge in [-0.2, -0.15) is 10.2 Å². The predicted octanol–water partition coefficient (Wildman–Crippen LogP) is -1.86. The molecule has 0 bridgehead atoms. The van der Waals surface area contributed by atoms with Crippen LogP contribution in [0.15, 0.2) is 26.8 Å². The van der Waals surface area contributed by atoms with Gasteiger partial charge >= 0.3 is 5.69 Å². The number of hydrogen-bond acceptors (Lipinski definition) is 9. The molecule has 13 nitrogen and oxygen atoms in total. The minimum Gasteiger partial charge on any atom is -0.865 e. The van der Waals surface area contributed by atoms with Crippen LogP contribution >= 0.6 is 0 Å². The molecule has 1 aromatic heterocycles. The van der Waals surface area contributed by atoms with Gasteiger partial charge in [-0.1, -0.05) is 0 Å². The number of hydrogen-bond donors (Lipinski definition) is 3. The number of aromatic nitrogens is 3. The molecule has 0 fully saturated rings. The highest BCUT2D eigenvalue weighted by atomic mass is 16.6. The highest BCUT2D eigenvalue weighted by Gasteiger charge is 2.13. The van der Waals surface area contributed by atoms with Crippen LogP contribution in [-0.4, -0.2) is 39.3 Å².